The Labute approximate surface area is 128 Å². The van der Waals surface area contributed by atoms with Gasteiger partial charge in [0.15, 0.2) is 11.5 Å². The lowest BCUT2D eigenvalue weighted by Crippen LogP contribution is -2.06. The molecule has 0 radical (unpaired) electrons. The molecule has 5 nitrogen and oxygen atoms in total. The van der Waals surface area contributed by atoms with Crippen molar-refractivity contribution in [1.82, 2.24) is 4.98 Å². The van der Waals surface area contributed by atoms with Crippen molar-refractivity contribution in [2.24, 2.45) is 5.10 Å². The van der Waals surface area contributed by atoms with E-state index in [1.807, 2.05) is 44.4 Å². The average Bonchev–Trinajstić information content (AvgIpc) is 2.85. The molecule has 0 saturated heterocycles. The molecule has 0 atom stereocenters. The minimum absolute atomic E-state index is 0.105. The number of aryl methyl sites for hydroxylation is 1. The molecular weight excluding hydrogens is 286 g/mol. The summed E-state index contributed by atoms with van der Waals surface area (Å²) in [5, 5.41) is 6.91. The Hall–Kier alpha value is -2.08. The van der Waals surface area contributed by atoms with E-state index in [1.165, 1.54) is 11.3 Å². The van der Waals surface area contributed by atoms with Crippen LogP contribution in [0, 0.1) is 6.92 Å². The summed E-state index contributed by atoms with van der Waals surface area (Å²) in [6, 6.07) is 5.70. The zero-order valence-corrected chi connectivity index (χ0v) is 13.4. The Morgan fingerprint density at radius 3 is 2.76 bits per heavy atom. The molecule has 6 heteroatoms. The number of nitrogens with zero attached hydrogens (tertiary/aromatic N) is 2. The van der Waals surface area contributed by atoms with Crippen molar-refractivity contribution in [2.45, 2.75) is 26.9 Å². The summed E-state index contributed by atoms with van der Waals surface area (Å²) in [6.45, 7) is 5.91. The second kappa shape index (κ2) is 7.08. The number of rotatable bonds is 6. The molecule has 112 valence electrons. The van der Waals surface area contributed by atoms with Crippen LogP contribution in [0.1, 0.15) is 25.1 Å². The van der Waals surface area contributed by atoms with Crippen molar-refractivity contribution in [3.05, 3.63) is 34.8 Å². The fraction of sp³-hybridized carbons (Fsp3) is 0.333. The third-order valence-electron chi connectivity index (χ3n) is 2.54. The molecule has 0 aliphatic heterocycles. The summed E-state index contributed by atoms with van der Waals surface area (Å²) in [5.74, 6) is 1.42. The molecule has 2 rings (SSSR count). The van der Waals surface area contributed by atoms with Crippen LogP contribution >= 0.6 is 11.3 Å². The minimum Gasteiger partial charge on any atom is -0.493 e. The van der Waals surface area contributed by atoms with Gasteiger partial charge < -0.3 is 9.47 Å². The van der Waals surface area contributed by atoms with E-state index in [2.05, 4.69) is 15.5 Å². The van der Waals surface area contributed by atoms with Gasteiger partial charge in [0.05, 0.1) is 25.1 Å². The lowest BCUT2D eigenvalue weighted by atomic mass is 10.2. The van der Waals surface area contributed by atoms with Gasteiger partial charge in [0.2, 0.25) is 5.13 Å². The number of hydrogen-bond donors (Lipinski definition) is 1. The highest BCUT2D eigenvalue weighted by Crippen LogP contribution is 2.28. The van der Waals surface area contributed by atoms with E-state index in [4.69, 9.17) is 9.47 Å². The number of nitrogens with one attached hydrogen (secondary N) is 1. The summed E-state index contributed by atoms with van der Waals surface area (Å²) < 4.78 is 11.0. The molecule has 0 fully saturated rings. The summed E-state index contributed by atoms with van der Waals surface area (Å²) >= 11 is 1.52. The molecule has 0 spiro atoms. The first-order chi connectivity index (χ1) is 10.1. The summed E-state index contributed by atoms with van der Waals surface area (Å²) in [4.78, 5) is 4.27. The molecule has 0 amide bonds. The first-order valence-electron chi connectivity index (χ1n) is 6.64. The number of hydrazone groups is 1. The fourth-order valence-electron chi connectivity index (χ4n) is 1.68. The van der Waals surface area contributed by atoms with Gasteiger partial charge in [0, 0.05) is 5.38 Å². The van der Waals surface area contributed by atoms with Gasteiger partial charge in [-0.1, -0.05) is 0 Å². The summed E-state index contributed by atoms with van der Waals surface area (Å²) in [7, 11) is 1.63. The predicted molar refractivity (Wildman–Crippen MR) is 86.8 cm³/mol. The van der Waals surface area contributed by atoms with Crippen molar-refractivity contribution < 1.29 is 9.47 Å². The van der Waals surface area contributed by atoms with Crippen LogP contribution in [0.5, 0.6) is 11.5 Å². The van der Waals surface area contributed by atoms with Gasteiger partial charge in [0.1, 0.15) is 0 Å². The van der Waals surface area contributed by atoms with Crippen LogP contribution < -0.4 is 14.9 Å². The number of benzene rings is 1. The van der Waals surface area contributed by atoms with Crippen LogP contribution in [0.25, 0.3) is 0 Å². The van der Waals surface area contributed by atoms with Crippen molar-refractivity contribution in [1.29, 1.82) is 0 Å². The van der Waals surface area contributed by atoms with Gasteiger partial charge in [-0.05, 0) is 44.5 Å². The molecular formula is C15H19N3O2S. The van der Waals surface area contributed by atoms with Crippen molar-refractivity contribution in [3.8, 4) is 11.5 Å². The molecule has 21 heavy (non-hydrogen) atoms. The Morgan fingerprint density at radius 2 is 2.14 bits per heavy atom. The molecule has 0 bridgehead atoms. The average molecular weight is 305 g/mol. The van der Waals surface area contributed by atoms with E-state index in [9.17, 15) is 0 Å². The number of aromatic nitrogens is 1. The molecule has 0 unspecified atom stereocenters. The van der Waals surface area contributed by atoms with Gasteiger partial charge in [-0.25, -0.2) is 4.98 Å². The van der Waals surface area contributed by atoms with E-state index in [0.717, 1.165) is 22.1 Å². The highest BCUT2D eigenvalue weighted by Gasteiger charge is 2.06. The molecule has 1 aromatic heterocycles. The standard InChI is InChI=1S/C15H19N3O2S/c1-10(2)20-13-6-5-12(7-14(13)19-4)8-16-18-15-17-11(3)9-21-15/h5-10H,1-4H3,(H,17,18)/b16-8+. The number of methoxy groups -OCH3 is 1. The van der Waals surface area contributed by atoms with E-state index >= 15 is 0 Å². The number of hydrogen-bond acceptors (Lipinski definition) is 6. The van der Waals surface area contributed by atoms with E-state index in [-0.39, 0.29) is 6.10 Å². The first-order valence-corrected chi connectivity index (χ1v) is 7.52. The van der Waals surface area contributed by atoms with Crippen molar-refractivity contribution >= 4 is 22.7 Å². The molecule has 2 aromatic rings. The maximum atomic E-state index is 5.67. The molecule has 1 heterocycles. The summed E-state index contributed by atoms with van der Waals surface area (Å²) in [6.07, 6.45) is 1.83. The van der Waals surface area contributed by atoms with Gasteiger partial charge in [-0.2, -0.15) is 5.10 Å². The van der Waals surface area contributed by atoms with Gasteiger partial charge in [0.25, 0.3) is 0 Å². The first kappa shape index (κ1) is 15.3. The van der Waals surface area contributed by atoms with Crippen LogP contribution in [0.2, 0.25) is 0 Å². The topological polar surface area (TPSA) is 55.7 Å². The van der Waals surface area contributed by atoms with E-state index in [1.54, 1.807) is 13.3 Å². The highest BCUT2D eigenvalue weighted by atomic mass is 32.1. The minimum atomic E-state index is 0.105. The van der Waals surface area contributed by atoms with Gasteiger partial charge >= 0.3 is 0 Å². The Morgan fingerprint density at radius 1 is 1.33 bits per heavy atom. The third kappa shape index (κ3) is 4.46. The maximum Gasteiger partial charge on any atom is 0.203 e. The zero-order chi connectivity index (χ0) is 15.2. The van der Waals surface area contributed by atoms with Crippen molar-refractivity contribution in [3.63, 3.8) is 0 Å². The SMILES string of the molecule is COc1cc(/C=N/Nc2nc(C)cs2)ccc1OC(C)C. The maximum absolute atomic E-state index is 5.67. The number of anilines is 1. The van der Waals surface area contributed by atoms with Crippen molar-refractivity contribution in [2.75, 3.05) is 12.5 Å². The quantitative estimate of drug-likeness (QED) is 0.653. The normalized spacial score (nSPS) is 11.1. The van der Waals surface area contributed by atoms with Crippen LogP contribution in [0.3, 0.4) is 0 Å². The number of thiazole rings is 1. The number of ether oxygens (including phenoxy) is 2. The third-order valence-corrected chi connectivity index (χ3v) is 3.41. The summed E-state index contributed by atoms with van der Waals surface area (Å²) in [5.41, 5.74) is 4.80. The molecule has 1 aromatic carbocycles. The Balaban J connectivity index is 2.06. The van der Waals surface area contributed by atoms with Crippen LogP contribution in [0.15, 0.2) is 28.7 Å². The van der Waals surface area contributed by atoms with Crippen LogP contribution in [-0.2, 0) is 0 Å². The molecule has 1 N–H and O–H groups in total. The largest absolute Gasteiger partial charge is 0.493 e. The smallest absolute Gasteiger partial charge is 0.203 e. The van der Waals surface area contributed by atoms with Crippen LogP contribution in [-0.4, -0.2) is 24.4 Å². The Kier molecular flexibility index (Phi) is 5.16. The van der Waals surface area contributed by atoms with E-state index in [0.29, 0.717) is 5.75 Å². The van der Waals surface area contributed by atoms with Gasteiger partial charge in [-0.3, -0.25) is 5.43 Å². The lowest BCUT2D eigenvalue weighted by Gasteiger charge is -2.13. The second-order valence-corrected chi connectivity index (χ2v) is 5.60. The van der Waals surface area contributed by atoms with E-state index < -0.39 is 0 Å². The zero-order valence-electron chi connectivity index (χ0n) is 12.6. The van der Waals surface area contributed by atoms with Crippen LogP contribution in [0.4, 0.5) is 5.13 Å². The Bertz CT molecular complexity index is 623. The monoisotopic (exact) mass is 305 g/mol. The molecule has 0 saturated carbocycles. The fourth-order valence-corrected chi connectivity index (χ4v) is 2.32. The predicted octanol–water partition coefficient (Wildman–Crippen LogP) is 3.69. The second-order valence-electron chi connectivity index (χ2n) is 4.74. The lowest BCUT2D eigenvalue weighted by molar-refractivity contribution is 0.230. The molecule has 0 aliphatic rings. The highest BCUT2D eigenvalue weighted by molar-refractivity contribution is 7.13. The molecule has 0 aliphatic carbocycles. The van der Waals surface area contributed by atoms with Gasteiger partial charge in [-0.15, -0.1) is 11.3 Å².